The largest absolute Gasteiger partial charge is 0.468 e. The Morgan fingerprint density at radius 1 is 1.45 bits per heavy atom. The summed E-state index contributed by atoms with van der Waals surface area (Å²) in [5, 5.41) is 5.19. The number of amides is 2. The number of aromatic nitrogens is 1. The first kappa shape index (κ1) is 16.1. The normalized spacial score (nSPS) is 18.5. The highest BCUT2D eigenvalue weighted by atomic mass is 19.4. The van der Waals surface area contributed by atoms with E-state index in [1.807, 2.05) is 0 Å². The van der Waals surface area contributed by atoms with Crippen LogP contribution in [-0.4, -0.2) is 36.1 Å². The first-order chi connectivity index (χ1) is 10.3. The number of nitrogens with one attached hydrogen (secondary N) is 2. The average Bonchev–Trinajstić information content (AvgIpc) is 2.46. The van der Waals surface area contributed by atoms with Crippen LogP contribution in [0, 0.1) is 5.92 Å². The highest BCUT2D eigenvalue weighted by Gasteiger charge is 2.28. The third kappa shape index (κ3) is 4.90. The van der Waals surface area contributed by atoms with Crippen LogP contribution in [0.25, 0.3) is 0 Å². The van der Waals surface area contributed by atoms with Gasteiger partial charge in [0.2, 0.25) is 17.7 Å². The molecule has 1 aromatic heterocycles. The van der Waals surface area contributed by atoms with Gasteiger partial charge in [-0.3, -0.25) is 9.59 Å². The second kappa shape index (κ2) is 6.63. The van der Waals surface area contributed by atoms with Crippen LogP contribution in [0.15, 0.2) is 18.3 Å². The van der Waals surface area contributed by atoms with Crippen molar-refractivity contribution in [3.05, 3.63) is 18.3 Å². The summed E-state index contributed by atoms with van der Waals surface area (Å²) in [6.07, 6.45) is -2.47. The lowest BCUT2D eigenvalue weighted by Gasteiger charge is -2.21. The van der Waals surface area contributed by atoms with Gasteiger partial charge in [-0.2, -0.15) is 13.2 Å². The van der Waals surface area contributed by atoms with Crippen molar-refractivity contribution in [3.63, 3.8) is 0 Å². The van der Waals surface area contributed by atoms with E-state index in [-0.39, 0.29) is 30.2 Å². The van der Waals surface area contributed by atoms with E-state index in [4.69, 9.17) is 0 Å². The lowest BCUT2D eigenvalue weighted by Crippen LogP contribution is -2.40. The van der Waals surface area contributed by atoms with Gasteiger partial charge in [-0.25, -0.2) is 4.98 Å². The predicted molar refractivity (Wildman–Crippen MR) is 70.2 cm³/mol. The lowest BCUT2D eigenvalue weighted by atomic mass is 9.98. The Hall–Kier alpha value is -2.32. The molecule has 2 N–H and O–H groups in total. The molecule has 1 saturated heterocycles. The Morgan fingerprint density at radius 2 is 2.23 bits per heavy atom. The van der Waals surface area contributed by atoms with Crippen LogP contribution in [0.3, 0.4) is 0 Å². The fraction of sp³-hybridized carbons (Fsp3) is 0.462. The van der Waals surface area contributed by atoms with Crippen LogP contribution >= 0.6 is 0 Å². The molecule has 0 saturated carbocycles. The number of anilines is 1. The first-order valence-corrected chi connectivity index (χ1v) is 6.56. The average molecular weight is 317 g/mol. The van der Waals surface area contributed by atoms with Crippen molar-refractivity contribution in [2.45, 2.75) is 19.0 Å². The molecule has 0 bridgehead atoms. The van der Waals surface area contributed by atoms with Gasteiger partial charge in [0.05, 0.1) is 17.8 Å². The van der Waals surface area contributed by atoms with Gasteiger partial charge in [-0.05, 0) is 12.5 Å². The zero-order valence-corrected chi connectivity index (χ0v) is 11.4. The number of carbonyl (C=O) groups excluding carboxylic acids is 2. The summed E-state index contributed by atoms with van der Waals surface area (Å²) in [4.78, 5) is 26.6. The third-order valence-corrected chi connectivity index (χ3v) is 3.02. The molecule has 1 aliphatic heterocycles. The van der Waals surface area contributed by atoms with E-state index in [0.717, 1.165) is 0 Å². The van der Waals surface area contributed by atoms with Crippen LogP contribution < -0.4 is 15.4 Å². The molecule has 0 aliphatic carbocycles. The highest BCUT2D eigenvalue weighted by Crippen LogP contribution is 2.19. The molecule has 9 heteroatoms. The van der Waals surface area contributed by atoms with E-state index < -0.39 is 12.8 Å². The van der Waals surface area contributed by atoms with Crippen molar-refractivity contribution < 1.29 is 27.5 Å². The van der Waals surface area contributed by atoms with Gasteiger partial charge in [0.15, 0.2) is 6.61 Å². The van der Waals surface area contributed by atoms with Gasteiger partial charge >= 0.3 is 6.18 Å². The SMILES string of the molecule is O=C1CC[C@@H](C(=O)Nc2ccc(OCC(F)(F)F)nc2)CN1. The van der Waals surface area contributed by atoms with E-state index in [1.165, 1.54) is 18.3 Å². The molecule has 1 atom stereocenters. The van der Waals surface area contributed by atoms with Gasteiger partial charge in [-0.15, -0.1) is 0 Å². The van der Waals surface area contributed by atoms with Gasteiger partial charge in [-0.1, -0.05) is 0 Å². The molecule has 0 spiro atoms. The lowest BCUT2D eigenvalue weighted by molar-refractivity contribution is -0.154. The molecular formula is C13H14F3N3O3. The first-order valence-electron chi connectivity index (χ1n) is 6.56. The van der Waals surface area contributed by atoms with Gasteiger partial charge in [0.25, 0.3) is 0 Å². The second-order valence-corrected chi connectivity index (χ2v) is 4.82. The summed E-state index contributed by atoms with van der Waals surface area (Å²) in [7, 11) is 0. The molecule has 2 amide bonds. The Labute approximate surface area is 124 Å². The van der Waals surface area contributed by atoms with E-state index in [9.17, 15) is 22.8 Å². The van der Waals surface area contributed by atoms with E-state index >= 15 is 0 Å². The molecule has 120 valence electrons. The number of piperidine rings is 1. The molecule has 1 aromatic rings. The summed E-state index contributed by atoms with van der Waals surface area (Å²) < 4.78 is 40.4. The van der Waals surface area contributed by atoms with E-state index in [2.05, 4.69) is 20.4 Å². The third-order valence-electron chi connectivity index (χ3n) is 3.02. The maximum atomic E-state index is 12.0. The van der Waals surface area contributed by atoms with Crippen molar-refractivity contribution in [1.82, 2.24) is 10.3 Å². The summed E-state index contributed by atoms with van der Waals surface area (Å²) in [5.74, 6) is -0.873. The summed E-state index contributed by atoms with van der Waals surface area (Å²) in [5.41, 5.74) is 0.348. The topological polar surface area (TPSA) is 80.3 Å². The molecule has 1 fully saturated rings. The van der Waals surface area contributed by atoms with Crippen LogP contribution in [-0.2, 0) is 9.59 Å². The minimum Gasteiger partial charge on any atom is -0.468 e. The van der Waals surface area contributed by atoms with Gasteiger partial charge < -0.3 is 15.4 Å². The summed E-state index contributed by atoms with van der Waals surface area (Å²) in [6.45, 7) is -1.15. The molecule has 2 heterocycles. The maximum Gasteiger partial charge on any atom is 0.422 e. The number of halogens is 3. The van der Waals surface area contributed by atoms with Crippen molar-refractivity contribution in [1.29, 1.82) is 0 Å². The maximum absolute atomic E-state index is 12.0. The number of rotatable bonds is 4. The Kier molecular flexibility index (Phi) is 4.84. The van der Waals surface area contributed by atoms with Crippen molar-refractivity contribution in [2.24, 2.45) is 5.92 Å². The van der Waals surface area contributed by atoms with Crippen molar-refractivity contribution in [3.8, 4) is 5.88 Å². The predicted octanol–water partition coefficient (Wildman–Crippen LogP) is 1.49. The molecule has 0 aromatic carbocycles. The smallest absolute Gasteiger partial charge is 0.422 e. The standard InChI is InChI=1S/C13H14F3N3O3/c14-13(15,16)7-22-11-4-2-9(6-18-11)19-12(21)8-1-3-10(20)17-5-8/h2,4,6,8H,1,3,5,7H2,(H,17,20)(H,19,21)/t8-/m1/s1. The summed E-state index contributed by atoms with van der Waals surface area (Å²) >= 11 is 0. The highest BCUT2D eigenvalue weighted by molar-refractivity contribution is 5.93. The molecule has 0 radical (unpaired) electrons. The van der Waals surface area contributed by atoms with Crippen molar-refractivity contribution >= 4 is 17.5 Å². The molecule has 6 nitrogen and oxygen atoms in total. The molecule has 0 unspecified atom stereocenters. The number of alkyl halides is 3. The van der Waals surface area contributed by atoms with Crippen LogP contribution in [0.5, 0.6) is 5.88 Å². The Balaban J connectivity index is 1.85. The monoisotopic (exact) mass is 317 g/mol. The van der Waals surface area contributed by atoms with Crippen LogP contribution in [0.2, 0.25) is 0 Å². The number of hydrogen-bond donors (Lipinski definition) is 2. The van der Waals surface area contributed by atoms with Crippen molar-refractivity contribution in [2.75, 3.05) is 18.5 Å². The fourth-order valence-electron chi connectivity index (χ4n) is 1.90. The quantitative estimate of drug-likeness (QED) is 0.881. The number of carbonyl (C=O) groups is 2. The minimum absolute atomic E-state index is 0.0862. The number of pyridine rings is 1. The van der Waals surface area contributed by atoms with Gasteiger partial charge in [0.1, 0.15) is 0 Å². The number of ether oxygens (including phenoxy) is 1. The number of nitrogens with zero attached hydrogens (tertiary/aromatic N) is 1. The van der Waals surface area contributed by atoms with Crippen LogP contribution in [0.4, 0.5) is 18.9 Å². The fourth-order valence-corrected chi connectivity index (χ4v) is 1.90. The molecular weight excluding hydrogens is 303 g/mol. The minimum atomic E-state index is -4.43. The van der Waals surface area contributed by atoms with E-state index in [0.29, 0.717) is 18.5 Å². The van der Waals surface area contributed by atoms with Crippen LogP contribution in [0.1, 0.15) is 12.8 Å². The summed E-state index contributed by atoms with van der Waals surface area (Å²) in [6, 6.07) is 2.64. The van der Waals surface area contributed by atoms with E-state index in [1.54, 1.807) is 0 Å². The second-order valence-electron chi connectivity index (χ2n) is 4.82. The molecule has 22 heavy (non-hydrogen) atoms. The number of hydrogen-bond acceptors (Lipinski definition) is 4. The van der Waals surface area contributed by atoms with Gasteiger partial charge in [0, 0.05) is 19.0 Å². The zero-order chi connectivity index (χ0) is 16.2. The zero-order valence-electron chi connectivity index (χ0n) is 11.4. The molecule has 2 rings (SSSR count). The molecule has 1 aliphatic rings. The Bertz CT molecular complexity index is 536. The Morgan fingerprint density at radius 3 is 2.77 bits per heavy atom.